The number of aryl methyl sites for hydroxylation is 1. The number of carbonyl (C=O) groups is 1. The Balaban J connectivity index is 1.55. The molecule has 2 heterocycles. The summed E-state index contributed by atoms with van der Waals surface area (Å²) < 4.78 is 29.0. The van der Waals surface area contributed by atoms with E-state index in [0.29, 0.717) is 31.0 Å². The van der Waals surface area contributed by atoms with Gasteiger partial charge in [-0.15, -0.1) is 0 Å². The lowest BCUT2D eigenvalue weighted by Gasteiger charge is -2.21. The molecule has 2 amide bonds. The number of benzene rings is 2. The Morgan fingerprint density at radius 2 is 1.88 bits per heavy atom. The van der Waals surface area contributed by atoms with Crippen LogP contribution in [0.4, 0.5) is 19.4 Å². The van der Waals surface area contributed by atoms with Crippen molar-refractivity contribution in [3.63, 3.8) is 0 Å². The van der Waals surface area contributed by atoms with E-state index in [4.69, 9.17) is 0 Å². The van der Waals surface area contributed by atoms with E-state index in [9.17, 15) is 18.7 Å². The van der Waals surface area contributed by atoms with Gasteiger partial charge in [-0.25, -0.2) is 18.3 Å². The molecule has 3 aromatic rings. The van der Waals surface area contributed by atoms with Crippen molar-refractivity contribution < 1.29 is 18.7 Å². The smallest absolute Gasteiger partial charge is 0.320 e. The Hall–Kier alpha value is -3.30. The minimum absolute atomic E-state index is 0.0296. The molecule has 2 unspecified atom stereocenters. The number of halogens is 2. The molecule has 0 bridgehead atoms. The maximum absolute atomic E-state index is 13.9. The topological polar surface area (TPSA) is 82.4 Å². The van der Waals surface area contributed by atoms with Gasteiger partial charge in [0.15, 0.2) is 11.6 Å². The molecule has 7 nitrogen and oxygen atoms in total. The molecule has 1 aliphatic rings. The van der Waals surface area contributed by atoms with Crippen LogP contribution in [-0.2, 0) is 0 Å². The number of aromatic nitrogens is 2. The zero-order valence-electron chi connectivity index (χ0n) is 18.6. The molecule has 4 rings (SSSR count). The van der Waals surface area contributed by atoms with Gasteiger partial charge >= 0.3 is 6.03 Å². The number of likely N-dealkylation sites (tertiary alicyclic amines) is 1. The monoisotopic (exact) mass is 455 g/mol. The minimum atomic E-state index is -0.922. The van der Waals surface area contributed by atoms with Crippen LogP contribution >= 0.6 is 0 Å². The molecule has 174 valence electrons. The van der Waals surface area contributed by atoms with Crippen LogP contribution in [-0.4, -0.2) is 58.1 Å². The number of aliphatic hydroxyl groups is 1. The molecule has 0 aliphatic carbocycles. The van der Waals surface area contributed by atoms with Crippen molar-refractivity contribution >= 4 is 11.8 Å². The van der Waals surface area contributed by atoms with E-state index in [-0.39, 0.29) is 18.6 Å². The number of hydrogen-bond donors (Lipinski definition) is 3. The van der Waals surface area contributed by atoms with Crippen LogP contribution in [0.15, 0.2) is 48.5 Å². The van der Waals surface area contributed by atoms with Crippen LogP contribution < -0.4 is 10.6 Å². The lowest BCUT2D eigenvalue weighted by Crippen LogP contribution is -2.42. The molecule has 1 saturated heterocycles. The van der Waals surface area contributed by atoms with E-state index in [1.54, 1.807) is 4.68 Å². The van der Waals surface area contributed by atoms with E-state index in [1.165, 1.54) is 12.1 Å². The highest BCUT2D eigenvalue weighted by Crippen LogP contribution is 2.29. The zero-order chi connectivity index (χ0) is 23.5. The number of β-amino-alcohol motifs (C(OH)–C–C–N with tert-alkyl or cyclic N) is 1. The third-order valence-electron chi connectivity index (χ3n) is 6.09. The fraction of sp³-hybridized carbons (Fsp3) is 0.333. The van der Waals surface area contributed by atoms with Gasteiger partial charge in [0.25, 0.3) is 0 Å². The maximum atomic E-state index is 13.9. The summed E-state index contributed by atoms with van der Waals surface area (Å²) in [6.45, 7) is 5.15. The Morgan fingerprint density at radius 1 is 1.12 bits per heavy atom. The standard InChI is InChI=1S/C24H27F2N5O2/c1-15-16(2)29-31(18-6-4-3-5-7-18)23(15)28-24(33)27-22-14-30(10-11-32)13-19(22)17-8-9-20(25)21(26)12-17/h3-9,12,19,22,32H,10-11,13-14H2,1-2H3,(H2,27,28,33). The van der Waals surface area contributed by atoms with Gasteiger partial charge in [-0.2, -0.15) is 5.10 Å². The Morgan fingerprint density at radius 3 is 2.58 bits per heavy atom. The summed E-state index contributed by atoms with van der Waals surface area (Å²) in [5, 5.41) is 19.8. The number of para-hydroxylation sites is 1. The fourth-order valence-corrected chi connectivity index (χ4v) is 4.26. The second-order valence-electron chi connectivity index (χ2n) is 8.27. The van der Waals surface area contributed by atoms with Gasteiger partial charge < -0.3 is 10.4 Å². The molecule has 0 radical (unpaired) electrons. The number of nitrogens with one attached hydrogen (secondary N) is 2. The molecule has 2 aromatic carbocycles. The highest BCUT2D eigenvalue weighted by molar-refractivity contribution is 5.90. The first kappa shape index (κ1) is 22.9. The van der Waals surface area contributed by atoms with Gasteiger partial charge in [-0.05, 0) is 43.7 Å². The second kappa shape index (κ2) is 9.68. The highest BCUT2D eigenvalue weighted by atomic mass is 19.2. The number of nitrogens with zero attached hydrogens (tertiary/aromatic N) is 3. The molecule has 0 saturated carbocycles. The van der Waals surface area contributed by atoms with Crippen LogP contribution in [0.25, 0.3) is 5.69 Å². The average molecular weight is 456 g/mol. The molecule has 9 heteroatoms. The van der Waals surface area contributed by atoms with Crippen molar-refractivity contribution in [2.45, 2.75) is 25.8 Å². The molecule has 0 spiro atoms. The lowest BCUT2D eigenvalue weighted by molar-refractivity contribution is 0.217. The van der Waals surface area contributed by atoms with Crippen LogP contribution in [0.5, 0.6) is 0 Å². The van der Waals surface area contributed by atoms with Crippen molar-refractivity contribution in [3.05, 3.63) is 77.0 Å². The van der Waals surface area contributed by atoms with Gasteiger partial charge in [0.2, 0.25) is 0 Å². The third kappa shape index (κ3) is 4.89. The van der Waals surface area contributed by atoms with Gasteiger partial charge in [-0.1, -0.05) is 24.3 Å². The molecule has 1 fully saturated rings. The SMILES string of the molecule is Cc1nn(-c2ccccc2)c(NC(=O)NC2CN(CCO)CC2c2ccc(F)c(F)c2)c1C. The first-order valence-corrected chi connectivity index (χ1v) is 10.8. The highest BCUT2D eigenvalue weighted by Gasteiger charge is 2.35. The molecule has 2 atom stereocenters. The third-order valence-corrected chi connectivity index (χ3v) is 6.09. The number of anilines is 1. The fourth-order valence-electron chi connectivity index (χ4n) is 4.26. The summed E-state index contributed by atoms with van der Waals surface area (Å²) in [5.74, 6) is -1.52. The molecular weight excluding hydrogens is 428 g/mol. The maximum Gasteiger partial charge on any atom is 0.320 e. The Bertz CT molecular complexity index is 1140. The zero-order valence-corrected chi connectivity index (χ0v) is 18.6. The van der Waals surface area contributed by atoms with Crippen molar-refractivity contribution in [1.29, 1.82) is 0 Å². The predicted octanol–water partition coefficient (Wildman–Crippen LogP) is 3.35. The summed E-state index contributed by atoms with van der Waals surface area (Å²) in [4.78, 5) is 15.0. The Kier molecular flexibility index (Phi) is 6.71. The van der Waals surface area contributed by atoms with E-state index < -0.39 is 17.7 Å². The van der Waals surface area contributed by atoms with Crippen molar-refractivity contribution in [3.8, 4) is 5.69 Å². The van der Waals surface area contributed by atoms with Crippen molar-refractivity contribution in [2.24, 2.45) is 0 Å². The predicted molar refractivity (Wildman–Crippen MR) is 122 cm³/mol. The van der Waals surface area contributed by atoms with Gasteiger partial charge in [-0.3, -0.25) is 10.2 Å². The molecule has 33 heavy (non-hydrogen) atoms. The first-order chi connectivity index (χ1) is 15.9. The molecule has 1 aliphatic heterocycles. The molecule has 1 aromatic heterocycles. The van der Waals surface area contributed by atoms with Crippen LogP contribution in [0.1, 0.15) is 22.7 Å². The normalized spacial score (nSPS) is 18.5. The summed E-state index contributed by atoms with van der Waals surface area (Å²) >= 11 is 0. The number of amides is 2. The lowest BCUT2D eigenvalue weighted by atomic mass is 9.94. The summed E-state index contributed by atoms with van der Waals surface area (Å²) in [7, 11) is 0. The van der Waals surface area contributed by atoms with Gasteiger partial charge in [0.05, 0.1) is 24.0 Å². The van der Waals surface area contributed by atoms with Crippen LogP contribution in [0.2, 0.25) is 0 Å². The summed E-state index contributed by atoms with van der Waals surface area (Å²) in [6.07, 6.45) is 0. The number of aliphatic hydroxyl groups excluding tert-OH is 1. The van der Waals surface area contributed by atoms with Crippen molar-refractivity contribution in [1.82, 2.24) is 20.0 Å². The second-order valence-corrected chi connectivity index (χ2v) is 8.27. The van der Waals surface area contributed by atoms with E-state index in [1.807, 2.05) is 49.1 Å². The van der Waals surface area contributed by atoms with Gasteiger partial charge in [0.1, 0.15) is 5.82 Å². The molecular formula is C24H27F2N5O2. The van der Waals surface area contributed by atoms with Crippen LogP contribution in [0, 0.1) is 25.5 Å². The quantitative estimate of drug-likeness (QED) is 0.533. The number of urea groups is 1. The van der Waals surface area contributed by atoms with Gasteiger partial charge in [0, 0.05) is 31.1 Å². The van der Waals surface area contributed by atoms with E-state index in [0.717, 1.165) is 23.0 Å². The van der Waals surface area contributed by atoms with Crippen LogP contribution in [0.3, 0.4) is 0 Å². The Labute approximate surface area is 191 Å². The largest absolute Gasteiger partial charge is 0.395 e. The van der Waals surface area contributed by atoms with E-state index >= 15 is 0 Å². The first-order valence-electron chi connectivity index (χ1n) is 10.8. The number of rotatable bonds is 6. The molecule has 3 N–H and O–H groups in total. The average Bonchev–Trinajstić information content (AvgIpc) is 3.32. The van der Waals surface area contributed by atoms with Crippen molar-refractivity contribution in [2.75, 3.05) is 31.6 Å². The summed E-state index contributed by atoms with van der Waals surface area (Å²) in [5.41, 5.74) is 3.06. The number of hydrogen-bond acceptors (Lipinski definition) is 4. The van der Waals surface area contributed by atoms with E-state index in [2.05, 4.69) is 15.7 Å². The summed E-state index contributed by atoms with van der Waals surface area (Å²) in [6, 6.07) is 12.5. The number of carbonyl (C=O) groups excluding carboxylic acids is 1. The minimum Gasteiger partial charge on any atom is -0.395 e.